The Labute approximate surface area is 226 Å². The fraction of sp³-hybridized carbons (Fsp3) is 0.0714. The molecule has 5 aromatic rings. The van der Waals surface area contributed by atoms with Crippen molar-refractivity contribution in [3.8, 4) is 16.3 Å². The number of anilines is 3. The van der Waals surface area contributed by atoms with Crippen LogP contribution in [-0.2, 0) is 6.61 Å². The first-order valence-electron chi connectivity index (χ1n) is 11.4. The molecule has 1 amide bonds. The number of aromatic nitrogens is 3. The number of hydrogen-bond acceptors (Lipinski definition) is 7. The second-order valence-electron chi connectivity index (χ2n) is 8.17. The highest BCUT2D eigenvalue weighted by molar-refractivity contribution is 9.10. The highest BCUT2D eigenvalue weighted by Gasteiger charge is 2.14. The third-order valence-corrected chi connectivity index (χ3v) is 6.88. The second kappa shape index (κ2) is 11.3. The highest BCUT2D eigenvalue weighted by Crippen LogP contribution is 2.35. The predicted octanol–water partition coefficient (Wildman–Crippen LogP) is 7.25. The molecule has 0 aliphatic heterocycles. The van der Waals surface area contributed by atoms with Gasteiger partial charge in [0.25, 0.3) is 5.91 Å². The van der Waals surface area contributed by atoms with Gasteiger partial charge in [-0.1, -0.05) is 51.5 Å². The lowest BCUT2D eigenvalue weighted by atomic mass is 10.1. The molecule has 2 N–H and O–H groups in total. The van der Waals surface area contributed by atoms with Crippen LogP contribution in [0.25, 0.3) is 10.6 Å². The maximum atomic E-state index is 12.7. The number of carbonyl (C=O) groups excluding carboxylic acids is 1. The molecule has 2 heterocycles. The van der Waals surface area contributed by atoms with Crippen LogP contribution in [0.3, 0.4) is 0 Å². The average molecular weight is 572 g/mol. The zero-order chi connectivity index (χ0) is 25.6. The SMILES string of the molecule is Cc1ccc(NC(=O)c2cccc(Br)c2)cc1Nc1nnc(-c2ccccc2OCc2ccncc2)s1. The Morgan fingerprint density at radius 1 is 0.973 bits per heavy atom. The van der Waals surface area contributed by atoms with Crippen molar-refractivity contribution in [2.75, 3.05) is 10.6 Å². The minimum absolute atomic E-state index is 0.183. The van der Waals surface area contributed by atoms with Crippen LogP contribution in [0.5, 0.6) is 5.75 Å². The van der Waals surface area contributed by atoms with Crippen LogP contribution in [0, 0.1) is 6.92 Å². The summed E-state index contributed by atoms with van der Waals surface area (Å²) in [6.07, 6.45) is 3.49. The molecule has 9 heteroatoms. The normalized spacial score (nSPS) is 10.6. The number of nitrogens with one attached hydrogen (secondary N) is 2. The van der Waals surface area contributed by atoms with Gasteiger partial charge < -0.3 is 15.4 Å². The van der Waals surface area contributed by atoms with Gasteiger partial charge in [-0.25, -0.2) is 0 Å². The molecule has 0 saturated carbocycles. The number of rotatable bonds is 8. The Morgan fingerprint density at radius 3 is 2.65 bits per heavy atom. The smallest absolute Gasteiger partial charge is 0.255 e. The van der Waals surface area contributed by atoms with E-state index in [1.165, 1.54) is 11.3 Å². The number of benzene rings is 3. The first-order chi connectivity index (χ1) is 18.0. The Balaban J connectivity index is 1.31. The standard InChI is InChI=1S/C28H22BrN5O2S/c1-18-9-10-22(31-26(35)20-5-4-6-21(29)15-20)16-24(18)32-28-34-33-27(37-28)23-7-2-3-8-25(23)36-17-19-11-13-30-14-12-19/h2-16H,17H2,1H3,(H,31,35)(H,32,34). The number of para-hydroxylation sites is 1. The molecular formula is C28H22BrN5O2S. The molecule has 0 fully saturated rings. The summed E-state index contributed by atoms with van der Waals surface area (Å²) in [6.45, 7) is 2.42. The van der Waals surface area contributed by atoms with E-state index in [1.807, 2.05) is 73.7 Å². The minimum atomic E-state index is -0.183. The van der Waals surface area contributed by atoms with Gasteiger partial charge in [-0.05, 0) is 72.6 Å². The second-order valence-corrected chi connectivity index (χ2v) is 10.1. The lowest BCUT2D eigenvalue weighted by molar-refractivity contribution is 0.102. The van der Waals surface area contributed by atoms with Crippen molar-refractivity contribution in [2.24, 2.45) is 0 Å². The third-order valence-electron chi connectivity index (χ3n) is 5.51. The molecule has 0 bridgehead atoms. The maximum absolute atomic E-state index is 12.7. The van der Waals surface area contributed by atoms with E-state index in [9.17, 15) is 4.79 Å². The van der Waals surface area contributed by atoms with Crippen molar-refractivity contribution in [2.45, 2.75) is 13.5 Å². The van der Waals surface area contributed by atoms with Crippen LogP contribution in [0.1, 0.15) is 21.5 Å². The zero-order valence-corrected chi connectivity index (χ0v) is 22.2. The van der Waals surface area contributed by atoms with Gasteiger partial charge in [0.2, 0.25) is 5.13 Å². The number of halogens is 1. The number of hydrogen-bond donors (Lipinski definition) is 2. The third kappa shape index (κ3) is 6.19. The number of carbonyl (C=O) groups is 1. The van der Waals surface area contributed by atoms with Gasteiger partial charge in [-0.3, -0.25) is 9.78 Å². The van der Waals surface area contributed by atoms with Crippen molar-refractivity contribution >= 4 is 49.7 Å². The number of pyridine rings is 1. The van der Waals surface area contributed by atoms with E-state index in [1.54, 1.807) is 24.5 Å². The molecule has 37 heavy (non-hydrogen) atoms. The summed E-state index contributed by atoms with van der Waals surface area (Å²) in [4.78, 5) is 16.7. The highest BCUT2D eigenvalue weighted by atomic mass is 79.9. The summed E-state index contributed by atoms with van der Waals surface area (Å²) in [5, 5.41) is 16.4. The van der Waals surface area contributed by atoms with Crippen LogP contribution in [0.4, 0.5) is 16.5 Å². The molecule has 0 radical (unpaired) electrons. The molecule has 0 spiro atoms. The van der Waals surface area contributed by atoms with Crippen LogP contribution in [0.2, 0.25) is 0 Å². The van der Waals surface area contributed by atoms with E-state index in [2.05, 4.69) is 41.7 Å². The average Bonchev–Trinajstić information content (AvgIpc) is 3.38. The minimum Gasteiger partial charge on any atom is -0.488 e. The van der Waals surface area contributed by atoms with Gasteiger partial charge in [-0.15, -0.1) is 10.2 Å². The van der Waals surface area contributed by atoms with E-state index in [-0.39, 0.29) is 5.91 Å². The van der Waals surface area contributed by atoms with Crippen molar-refractivity contribution in [3.05, 3.63) is 112 Å². The zero-order valence-electron chi connectivity index (χ0n) is 19.8. The summed E-state index contributed by atoms with van der Waals surface area (Å²) in [6, 6.07) is 24.6. The number of ether oxygens (including phenoxy) is 1. The summed E-state index contributed by atoms with van der Waals surface area (Å²) >= 11 is 4.83. The fourth-order valence-corrected chi connectivity index (χ4v) is 4.76. The molecule has 3 aromatic carbocycles. The quantitative estimate of drug-likeness (QED) is 0.204. The van der Waals surface area contributed by atoms with E-state index in [0.29, 0.717) is 23.0 Å². The van der Waals surface area contributed by atoms with Crippen LogP contribution in [0.15, 0.2) is 95.7 Å². The summed E-state index contributed by atoms with van der Waals surface area (Å²) in [5.41, 5.74) is 5.00. The van der Waals surface area contributed by atoms with Crippen LogP contribution < -0.4 is 15.4 Å². The number of amides is 1. The van der Waals surface area contributed by atoms with Crippen molar-refractivity contribution < 1.29 is 9.53 Å². The lowest BCUT2D eigenvalue weighted by Crippen LogP contribution is -2.12. The Hall–Kier alpha value is -4.08. The first kappa shape index (κ1) is 24.6. The fourth-order valence-electron chi connectivity index (χ4n) is 3.57. The van der Waals surface area contributed by atoms with E-state index < -0.39 is 0 Å². The Kier molecular flexibility index (Phi) is 7.53. The van der Waals surface area contributed by atoms with E-state index >= 15 is 0 Å². The monoisotopic (exact) mass is 571 g/mol. The van der Waals surface area contributed by atoms with Crippen molar-refractivity contribution in [1.82, 2.24) is 15.2 Å². The van der Waals surface area contributed by atoms with Gasteiger partial charge >= 0.3 is 0 Å². The van der Waals surface area contributed by atoms with Crippen LogP contribution >= 0.6 is 27.3 Å². The number of aryl methyl sites for hydroxylation is 1. The van der Waals surface area contributed by atoms with Gasteiger partial charge in [0.1, 0.15) is 12.4 Å². The van der Waals surface area contributed by atoms with Gasteiger partial charge in [-0.2, -0.15) is 0 Å². The maximum Gasteiger partial charge on any atom is 0.255 e. The van der Waals surface area contributed by atoms with Gasteiger partial charge in [0.15, 0.2) is 5.01 Å². The van der Waals surface area contributed by atoms with E-state index in [0.717, 1.165) is 37.6 Å². The number of nitrogens with zero attached hydrogens (tertiary/aromatic N) is 3. The molecule has 5 rings (SSSR count). The molecule has 0 unspecified atom stereocenters. The first-order valence-corrected chi connectivity index (χ1v) is 13.1. The molecule has 0 aliphatic carbocycles. The molecule has 184 valence electrons. The Bertz CT molecular complexity index is 1540. The largest absolute Gasteiger partial charge is 0.488 e. The van der Waals surface area contributed by atoms with Gasteiger partial charge in [0, 0.05) is 33.8 Å². The predicted molar refractivity (Wildman–Crippen MR) is 150 cm³/mol. The van der Waals surface area contributed by atoms with Crippen molar-refractivity contribution in [3.63, 3.8) is 0 Å². The molecule has 7 nitrogen and oxygen atoms in total. The molecule has 0 aliphatic rings. The van der Waals surface area contributed by atoms with Crippen molar-refractivity contribution in [1.29, 1.82) is 0 Å². The molecule has 2 aromatic heterocycles. The Morgan fingerprint density at radius 2 is 1.81 bits per heavy atom. The summed E-state index contributed by atoms with van der Waals surface area (Å²) in [7, 11) is 0. The van der Waals surface area contributed by atoms with Gasteiger partial charge in [0.05, 0.1) is 5.56 Å². The van der Waals surface area contributed by atoms with Crippen LogP contribution in [-0.4, -0.2) is 21.1 Å². The molecule has 0 saturated heterocycles. The lowest BCUT2D eigenvalue weighted by Gasteiger charge is -2.11. The summed E-state index contributed by atoms with van der Waals surface area (Å²) < 4.78 is 6.92. The summed E-state index contributed by atoms with van der Waals surface area (Å²) in [5.74, 6) is 0.549. The molecule has 0 atom stereocenters. The van der Waals surface area contributed by atoms with E-state index in [4.69, 9.17) is 4.74 Å². The molecular weight excluding hydrogens is 550 g/mol. The topological polar surface area (TPSA) is 89.0 Å².